The summed E-state index contributed by atoms with van der Waals surface area (Å²) in [6, 6.07) is 0. The van der Waals surface area contributed by atoms with Gasteiger partial charge in [-0.25, -0.2) is 4.79 Å². The van der Waals surface area contributed by atoms with Crippen LogP contribution in [0, 0.1) is 11.8 Å². The Morgan fingerprint density at radius 3 is 1.56 bits per heavy atom. The second-order valence-corrected chi connectivity index (χ2v) is 5.31. The first-order chi connectivity index (χ1) is 8.60. The normalized spacial score (nSPS) is 14.0. The molecule has 18 heavy (non-hydrogen) atoms. The first kappa shape index (κ1) is 17.3. The van der Waals surface area contributed by atoms with E-state index in [0.717, 1.165) is 12.8 Å². The average Bonchev–Trinajstić information content (AvgIpc) is 2.29. The minimum absolute atomic E-state index is 0.477. The molecule has 0 N–H and O–H groups in total. The highest BCUT2D eigenvalue weighted by Crippen LogP contribution is 2.11. The number of carbonyl (C=O) groups excluding carboxylic acids is 1. The van der Waals surface area contributed by atoms with Gasteiger partial charge in [0.05, 0.1) is 13.2 Å². The van der Waals surface area contributed by atoms with E-state index in [0.29, 0.717) is 25.0 Å². The summed E-state index contributed by atoms with van der Waals surface area (Å²) in [4.78, 5) is 11.3. The van der Waals surface area contributed by atoms with Crippen LogP contribution < -0.4 is 0 Å². The van der Waals surface area contributed by atoms with Crippen LogP contribution in [0.1, 0.15) is 66.2 Å². The lowest BCUT2D eigenvalue weighted by molar-refractivity contribution is 0.0483. The number of ether oxygens (including phenoxy) is 2. The van der Waals surface area contributed by atoms with Crippen LogP contribution in [0.4, 0.5) is 4.79 Å². The highest BCUT2D eigenvalue weighted by molar-refractivity contribution is 5.59. The van der Waals surface area contributed by atoms with Gasteiger partial charge in [0.15, 0.2) is 0 Å². The Kier molecular flexibility index (Phi) is 10.9. The largest absolute Gasteiger partial charge is 0.508 e. The van der Waals surface area contributed by atoms with Gasteiger partial charge in [0.1, 0.15) is 0 Å². The molecule has 3 heteroatoms. The number of rotatable bonds is 10. The summed E-state index contributed by atoms with van der Waals surface area (Å²) in [7, 11) is 0. The lowest BCUT2D eigenvalue weighted by atomic mass is 10.0. The first-order valence-electron chi connectivity index (χ1n) is 7.39. The quantitative estimate of drug-likeness (QED) is 0.528. The topological polar surface area (TPSA) is 35.5 Å². The highest BCUT2D eigenvalue weighted by atomic mass is 16.7. The minimum atomic E-state index is -0.512. The molecule has 0 aromatic rings. The Morgan fingerprint density at radius 2 is 1.22 bits per heavy atom. The van der Waals surface area contributed by atoms with Crippen LogP contribution in [0.5, 0.6) is 0 Å². The van der Waals surface area contributed by atoms with E-state index in [9.17, 15) is 4.79 Å². The maximum atomic E-state index is 11.3. The molecule has 0 aliphatic rings. The number of carbonyl (C=O) groups is 1. The summed E-state index contributed by atoms with van der Waals surface area (Å²) < 4.78 is 10.1. The van der Waals surface area contributed by atoms with E-state index in [-0.39, 0.29) is 0 Å². The van der Waals surface area contributed by atoms with Crippen molar-refractivity contribution in [1.82, 2.24) is 0 Å². The third kappa shape index (κ3) is 10.4. The third-order valence-corrected chi connectivity index (χ3v) is 3.22. The Hall–Kier alpha value is -0.730. The Balaban J connectivity index is 3.43. The van der Waals surface area contributed by atoms with Gasteiger partial charge < -0.3 is 9.47 Å². The molecule has 0 aliphatic heterocycles. The standard InChI is InChI=1S/C15H30O3/c1-5-7-13(3)9-11-17-15(16)18-12-10-14(4)8-6-2/h13-14H,5-12H2,1-4H3. The molecule has 0 radical (unpaired) electrons. The zero-order valence-corrected chi connectivity index (χ0v) is 12.5. The molecule has 2 atom stereocenters. The summed E-state index contributed by atoms with van der Waals surface area (Å²) in [6.07, 6.45) is 6.08. The molecular weight excluding hydrogens is 228 g/mol. The lowest BCUT2D eigenvalue weighted by Gasteiger charge is -2.12. The van der Waals surface area contributed by atoms with Crippen molar-refractivity contribution in [2.45, 2.75) is 66.2 Å². The van der Waals surface area contributed by atoms with Gasteiger partial charge in [0.25, 0.3) is 0 Å². The van der Waals surface area contributed by atoms with Crippen LogP contribution >= 0.6 is 0 Å². The van der Waals surface area contributed by atoms with Crippen molar-refractivity contribution in [1.29, 1.82) is 0 Å². The van der Waals surface area contributed by atoms with Gasteiger partial charge in [-0.05, 0) is 24.7 Å². The second kappa shape index (κ2) is 11.4. The monoisotopic (exact) mass is 258 g/mol. The van der Waals surface area contributed by atoms with E-state index in [4.69, 9.17) is 9.47 Å². The summed E-state index contributed by atoms with van der Waals surface area (Å²) in [5.41, 5.74) is 0. The molecule has 2 unspecified atom stereocenters. The molecule has 0 amide bonds. The summed E-state index contributed by atoms with van der Waals surface area (Å²) >= 11 is 0. The number of hydrogen-bond donors (Lipinski definition) is 0. The van der Waals surface area contributed by atoms with Gasteiger partial charge >= 0.3 is 6.16 Å². The molecule has 0 saturated carbocycles. The summed E-state index contributed by atoms with van der Waals surface area (Å²) in [5, 5.41) is 0. The van der Waals surface area contributed by atoms with E-state index in [1.165, 1.54) is 25.7 Å². The van der Waals surface area contributed by atoms with Gasteiger partial charge in [-0.15, -0.1) is 0 Å². The molecule has 0 aromatic carbocycles. The van der Waals surface area contributed by atoms with E-state index in [1.807, 2.05) is 0 Å². The van der Waals surface area contributed by atoms with Crippen LogP contribution in [0.2, 0.25) is 0 Å². The van der Waals surface area contributed by atoms with Crippen molar-refractivity contribution >= 4 is 6.16 Å². The van der Waals surface area contributed by atoms with E-state index in [2.05, 4.69) is 27.7 Å². The summed E-state index contributed by atoms with van der Waals surface area (Å²) in [6.45, 7) is 9.66. The van der Waals surface area contributed by atoms with Crippen LogP contribution in [0.15, 0.2) is 0 Å². The maximum absolute atomic E-state index is 11.3. The molecule has 3 nitrogen and oxygen atoms in total. The molecule has 0 fully saturated rings. The Labute approximate surface area is 112 Å². The summed E-state index contributed by atoms with van der Waals surface area (Å²) in [5.74, 6) is 1.24. The molecule has 0 rings (SSSR count). The van der Waals surface area contributed by atoms with Crippen molar-refractivity contribution in [3.05, 3.63) is 0 Å². The fourth-order valence-corrected chi connectivity index (χ4v) is 2.00. The van der Waals surface area contributed by atoms with E-state index >= 15 is 0 Å². The van der Waals surface area contributed by atoms with E-state index in [1.54, 1.807) is 0 Å². The van der Waals surface area contributed by atoms with Crippen molar-refractivity contribution in [3.8, 4) is 0 Å². The smallest absolute Gasteiger partial charge is 0.434 e. The molecule has 0 saturated heterocycles. The van der Waals surface area contributed by atoms with Crippen molar-refractivity contribution in [3.63, 3.8) is 0 Å². The zero-order valence-electron chi connectivity index (χ0n) is 12.5. The van der Waals surface area contributed by atoms with Crippen LogP contribution in [-0.2, 0) is 9.47 Å². The molecule has 0 heterocycles. The molecule has 0 aliphatic carbocycles. The zero-order chi connectivity index (χ0) is 13.8. The van der Waals surface area contributed by atoms with Gasteiger partial charge in [-0.1, -0.05) is 53.4 Å². The first-order valence-corrected chi connectivity index (χ1v) is 7.39. The average molecular weight is 258 g/mol. The van der Waals surface area contributed by atoms with Crippen molar-refractivity contribution < 1.29 is 14.3 Å². The fraction of sp³-hybridized carbons (Fsp3) is 0.933. The molecule has 0 aromatic heterocycles. The minimum Gasteiger partial charge on any atom is -0.434 e. The lowest BCUT2D eigenvalue weighted by Crippen LogP contribution is -2.12. The second-order valence-electron chi connectivity index (χ2n) is 5.31. The SMILES string of the molecule is CCCC(C)CCOC(=O)OCCC(C)CCC. The maximum Gasteiger partial charge on any atom is 0.508 e. The highest BCUT2D eigenvalue weighted by Gasteiger charge is 2.07. The Bertz CT molecular complexity index is 184. The molecule has 108 valence electrons. The van der Waals surface area contributed by atoms with Gasteiger partial charge in [0, 0.05) is 0 Å². The van der Waals surface area contributed by atoms with Gasteiger partial charge in [0.2, 0.25) is 0 Å². The van der Waals surface area contributed by atoms with Crippen molar-refractivity contribution in [2.24, 2.45) is 11.8 Å². The number of hydrogen-bond acceptors (Lipinski definition) is 3. The molecule has 0 bridgehead atoms. The van der Waals surface area contributed by atoms with Crippen LogP contribution in [-0.4, -0.2) is 19.4 Å². The molecular formula is C15H30O3. The van der Waals surface area contributed by atoms with Crippen molar-refractivity contribution in [2.75, 3.05) is 13.2 Å². The predicted molar refractivity (Wildman–Crippen MR) is 74.7 cm³/mol. The van der Waals surface area contributed by atoms with Gasteiger partial charge in [-0.3, -0.25) is 0 Å². The Morgan fingerprint density at radius 1 is 0.833 bits per heavy atom. The van der Waals surface area contributed by atoms with Crippen LogP contribution in [0.25, 0.3) is 0 Å². The van der Waals surface area contributed by atoms with E-state index < -0.39 is 6.16 Å². The van der Waals surface area contributed by atoms with Crippen LogP contribution in [0.3, 0.4) is 0 Å². The molecule has 0 spiro atoms. The third-order valence-electron chi connectivity index (χ3n) is 3.22. The fourth-order valence-electron chi connectivity index (χ4n) is 2.00. The van der Waals surface area contributed by atoms with Gasteiger partial charge in [-0.2, -0.15) is 0 Å². The predicted octanol–water partition coefficient (Wildman–Crippen LogP) is 4.79.